The second-order valence-corrected chi connectivity index (χ2v) is 8.23. The number of carbonyl (C=O) groups is 1. The Kier molecular flexibility index (Phi) is 6.70. The monoisotopic (exact) mass is 481 g/mol. The highest BCUT2D eigenvalue weighted by atomic mass is 35.5. The molecule has 4 nitrogen and oxygen atoms in total. The third-order valence-electron chi connectivity index (χ3n) is 5.45. The van der Waals surface area contributed by atoms with Gasteiger partial charge in [-0.2, -0.15) is 0 Å². The van der Waals surface area contributed by atoms with Gasteiger partial charge in [-0.25, -0.2) is 8.78 Å². The Morgan fingerprint density at radius 1 is 1.12 bits per heavy atom. The van der Waals surface area contributed by atoms with Crippen molar-refractivity contribution in [3.8, 4) is 16.9 Å². The molecule has 0 fully saturated rings. The number of nitrogens with one attached hydrogen (secondary N) is 1. The molecular formula is C27H22ClF2NO3. The smallest absolute Gasteiger partial charge is 0.248 e. The molecule has 0 radical (unpaired) electrons. The van der Waals surface area contributed by atoms with Gasteiger partial charge in [0.25, 0.3) is 0 Å². The summed E-state index contributed by atoms with van der Waals surface area (Å²) in [5, 5.41) is 4.06. The van der Waals surface area contributed by atoms with Crippen LogP contribution in [-0.4, -0.2) is 12.5 Å². The summed E-state index contributed by atoms with van der Waals surface area (Å²) in [6.45, 7) is 6.00. The van der Waals surface area contributed by atoms with Crippen molar-refractivity contribution < 1.29 is 22.7 Å². The van der Waals surface area contributed by atoms with Gasteiger partial charge < -0.3 is 14.5 Å². The molecule has 1 aromatic heterocycles. The highest BCUT2D eigenvalue weighted by molar-refractivity contribution is 6.30. The molecule has 0 bridgehead atoms. The number of hydrogen-bond acceptors (Lipinski definition) is 3. The number of aryl methyl sites for hydroxylation is 1. The Morgan fingerprint density at radius 2 is 1.85 bits per heavy atom. The van der Waals surface area contributed by atoms with Crippen LogP contribution in [-0.2, 0) is 4.79 Å². The van der Waals surface area contributed by atoms with Gasteiger partial charge in [0.2, 0.25) is 5.91 Å². The lowest BCUT2D eigenvalue weighted by Crippen LogP contribution is -2.09. The molecule has 0 aliphatic carbocycles. The van der Waals surface area contributed by atoms with E-state index in [-0.39, 0.29) is 5.69 Å². The zero-order valence-electron chi connectivity index (χ0n) is 18.8. The number of fused-ring (bicyclic) bond motifs is 1. The summed E-state index contributed by atoms with van der Waals surface area (Å²) in [4.78, 5) is 12.6. The number of ether oxygens (including phenoxy) is 1. The number of carbonyl (C=O) groups excluding carboxylic acids is 1. The maximum absolute atomic E-state index is 13.5. The van der Waals surface area contributed by atoms with E-state index in [2.05, 4.69) is 5.32 Å². The van der Waals surface area contributed by atoms with Gasteiger partial charge in [-0.05, 0) is 62.2 Å². The molecule has 4 aromatic rings. The molecule has 0 spiro atoms. The first-order valence-electron chi connectivity index (χ1n) is 10.7. The summed E-state index contributed by atoms with van der Waals surface area (Å²) in [5.74, 6) is -1.88. The molecule has 3 aromatic carbocycles. The first-order chi connectivity index (χ1) is 16.3. The van der Waals surface area contributed by atoms with Crippen LogP contribution in [0.25, 0.3) is 27.7 Å². The van der Waals surface area contributed by atoms with Crippen molar-refractivity contribution in [1.29, 1.82) is 0 Å². The van der Waals surface area contributed by atoms with E-state index in [1.54, 1.807) is 13.2 Å². The van der Waals surface area contributed by atoms with E-state index in [9.17, 15) is 13.6 Å². The maximum Gasteiger partial charge on any atom is 0.248 e. The van der Waals surface area contributed by atoms with Gasteiger partial charge in [-0.1, -0.05) is 23.7 Å². The summed E-state index contributed by atoms with van der Waals surface area (Å²) >= 11 is 6.04. The molecule has 0 aliphatic rings. The number of allylic oxidation sites excluding steroid dienone is 1. The van der Waals surface area contributed by atoms with E-state index in [1.165, 1.54) is 12.1 Å². The van der Waals surface area contributed by atoms with E-state index in [0.29, 0.717) is 28.5 Å². The number of halogens is 3. The lowest BCUT2D eigenvalue weighted by Gasteiger charge is -2.15. The number of hydrogen-bond donors (Lipinski definition) is 1. The van der Waals surface area contributed by atoms with Gasteiger partial charge in [0.15, 0.2) is 11.6 Å². The lowest BCUT2D eigenvalue weighted by atomic mass is 9.96. The quantitative estimate of drug-likeness (QED) is 0.286. The number of rotatable bonds is 6. The van der Waals surface area contributed by atoms with E-state index in [4.69, 9.17) is 20.8 Å². The number of benzene rings is 3. The average Bonchev–Trinajstić information content (AvgIpc) is 3.23. The topological polar surface area (TPSA) is 51.5 Å². The van der Waals surface area contributed by atoms with Crippen molar-refractivity contribution in [3.63, 3.8) is 0 Å². The summed E-state index contributed by atoms with van der Waals surface area (Å²) in [6.07, 6.45) is 3.09. The zero-order valence-corrected chi connectivity index (χ0v) is 19.6. The molecular weight excluding hydrogens is 460 g/mol. The molecule has 0 saturated carbocycles. The zero-order chi connectivity index (χ0) is 24.4. The Balaban J connectivity index is 1.76. The van der Waals surface area contributed by atoms with E-state index in [1.807, 2.05) is 44.2 Å². The normalized spacial score (nSPS) is 11.6. The standard InChI is InChI=1S/C27H22ClF2NO3/c1-4-33-26-16(3)27-21(22(14-34-27)17-5-7-18(28)8-6-17)13-20(26)15(2)11-25(32)31-19-9-10-23(29)24(30)12-19/h5-14H,4H2,1-3H3,(H,31,32)/b15-11+. The van der Waals surface area contributed by atoms with Gasteiger partial charge in [-0.3, -0.25) is 4.79 Å². The van der Waals surface area contributed by atoms with Gasteiger partial charge in [0.1, 0.15) is 11.3 Å². The minimum atomic E-state index is -1.03. The summed E-state index contributed by atoms with van der Waals surface area (Å²) in [6, 6.07) is 12.6. The Bertz CT molecular complexity index is 1410. The van der Waals surface area contributed by atoms with Crippen molar-refractivity contribution >= 4 is 39.7 Å². The predicted molar refractivity (Wildman–Crippen MR) is 131 cm³/mol. The van der Waals surface area contributed by atoms with Crippen molar-refractivity contribution in [2.45, 2.75) is 20.8 Å². The van der Waals surface area contributed by atoms with Gasteiger partial charge >= 0.3 is 0 Å². The molecule has 7 heteroatoms. The Morgan fingerprint density at radius 3 is 2.53 bits per heavy atom. The minimum absolute atomic E-state index is 0.157. The summed E-state index contributed by atoms with van der Waals surface area (Å²) in [5.41, 5.74) is 4.85. The maximum atomic E-state index is 13.5. The van der Waals surface area contributed by atoms with Crippen LogP contribution in [0.1, 0.15) is 25.0 Å². The fraction of sp³-hybridized carbons (Fsp3) is 0.148. The molecule has 0 unspecified atom stereocenters. The molecule has 34 heavy (non-hydrogen) atoms. The van der Waals surface area contributed by atoms with E-state index < -0.39 is 17.5 Å². The highest BCUT2D eigenvalue weighted by Crippen LogP contribution is 2.41. The second kappa shape index (κ2) is 9.69. The van der Waals surface area contributed by atoms with Crippen molar-refractivity contribution in [3.05, 3.63) is 88.7 Å². The second-order valence-electron chi connectivity index (χ2n) is 7.79. The third kappa shape index (κ3) is 4.68. The van der Waals surface area contributed by atoms with Crippen molar-refractivity contribution in [1.82, 2.24) is 0 Å². The minimum Gasteiger partial charge on any atom is -0.493 e. The van der Waals surface area contributed by atoms with Crippen LogP contribution >= 0.6 is 11.6 Å². The molecule has 4 rings (SSSR count). The molecule has 0 aliphatic heterocycles. The van der Waals surface area contributed by atoms with Crippen LogP contribution in [0, 0.1) is 18.6 Å². The third-order valence-corrected chi connectivity index (χ3v) is 5.70. The van der Waals surface area contributed by atoms with Crippen molar-refractivity contribution in [2.24, 2.45) is 0 Å². The van der Waals surface area contributed by atoms with Crippen LogP contribution < -0.4 is 10.1 Å². The molecule has 174 valence electrons. The Hall–Kier alpha value is -3.64. The molecule has 0 saturated heterocycles. The predicted octanol–water partition coefficient (Wildman–Crippen LogP) is 7.78. The first-order valence-corrected chi connectivity index (χ1v) is 11.0. The number of anilines is 1. The largest absolute Gasteiger partial charge is 0.493 e. The van der Waals surface area contributed by atoms with Crippen molar-refractivity contribution in [2.75, 3.05) is 11.9 Å². The highest BCUT2D eigenvalue weighted by Gasteiger charge is 2.19. The molecule has 1 heterocycles. The summed E-state index contributed by atoms with van der Waals surface area (Å²) in [7, 11) is 0. The summed E-state index contributed by atoms with van der Waals surface area (Å²) < 4.78 is 38.5. The van der Waals surface area contributed by atoms with E-state index in [0.717, 1.165) is 39.8 Å². The van der Waals surface area contributed by atoms with Gasteiger partial charge in [0.05, 0.1) is 12.9 Å². The molecule has 1 N–H and O–H groups in total. The van der Waals surface area contributed by atoms with Crippen LogP contribution in [0.2, 0.25) is 5.02 Å². The van der Waals surface area contributed by atoms with Gasteiger partial charge in [0, 0.05) is 44.9 Å². The Labute approximate surface area is 200 Å². The van der Waals surface area contributed by atoms with Crippen LogP contribution in [0.4, 0.5) is 14.5 Å². The van der Waals surface area contributed by atoms with Crippen LogP contribution in [0.5, 0.6) is 5.75 Å². The average molecular weight is 482 g/mol. The molecule has 1 amide bonds. The van der Waals surface area contributed by atoms with Crippen LogP contribution in [0.15, 0.2) is 65.3 Å². The fourth-order valence-corrected chi connectivity index (χ4v) is 3.94. The van der Waals surface area contributed by atoms with Crippen LogP contribution in [0.3, 0.4) is 0 Å². The van der Waals surface area contributed by atoms with Gasteiger partial charge in [-0.15, -0.1) is 0 Å². The number of amides is 1. The number of furan rings is 1. The first kappa shape index (κ1) is 23.5. The molecule has 0 atom stereocenters. The lowest BCUT2D eigenvalue weighted by molar-refractivity contribution is -0.111. The fourth-order valence-electron chi connectivity index (χ4n) is 3.82. The SMILES string of the molecule is CCOc1c(/C(C)=C/C(=O)Nc2ccc(F)c(F)c2)cc2c(-c3ccc(Cl)cc3)coc2c1C. The van der Waals surface area contributed by atoms with E-state index >= 15 is 0 Å².